The number of rotatable bonds is 5. The first-order chi connectivity index (χ1) is 9.85. The van der Waals surface area contributed by atoms with E-state index in [2.05, 4.69) is 27.4 Å². The van der Waals surface area contributed by atoms with Crippen LogP contribution in [0, 0.1) is 0 Å². The molecule has 0 aliphatic rings. The van der Waals surface area contributed by atoms with E-state index in [1.54, 1.807) is 0 Å². The number of hydrogen-bond donors (Lipinski definition) is 2. The Morgan fingerprint density at radius 1 is 1.15 bits per heavy atom. The predicted molar refractivity (Wildman–Crippen MR) is 79.6 cm³/mol. The molecule has 4 nitrogen and oxygen atoms in total. The third-order valence-electron chi connectivity index (χ3n) is 3.09. The highest BCUT2D eigenvalue weighted by atomic mass is 16.5. The molecule has 0 atom stereocenters. The number of H-pyrrole nitrogens is 1. The Hall–Kier alpha value is -2.33. The molecule has 4 heteroatoms. The number of aromatic amines is 1. The van der Waals surface area contributed by atoms with Crippen LogP contribution in [0.2, 0.25) is 0 Å². The van der Waals surface area contributed by atoms with Gasteiger partial charge < -0.3 is 15.0 Å². The third kappa shape index (κ3) is 2.81. The highest BCUT2D eigenvalue weighted by Gasteiger charge is 2.04. The van der Waals surface area contributed by atoms with E-state index in [1.165, 1.54) is 0 Å². The molecule has 3 aromatic rings. The molecule has 3 rings (SSSR count). The van der Waals surface area contributed by atoms with Gasteiger partial charge >= 0.3 is 0 Å². The molecule has 0 saturated carbocycles. The van der Waals surface area contributed by atoms with Gasteiger partial charge in [0, 0.05) is 6.07 Å². The van der Waals surface area contributed by atoms with Gasteiger partial charge in [-0.1, -0.05) is 30.3 Å². The zero-order valence-electron chi connectivity index (χ0n) is 11.4. The lowest BCUT2D eigenvalue weighted by Gasteiger charge is -2.05. The fraction of sp³-hybridized carbons (Fsp3) is 0.188. The molecule has 20 heavy (non-hydrogen) atoms. The standard InChI is InChI=1S/C16H17N3O/c1-17-10-16-18-14-8-7-13(9-15(14)19-16)20-11-12-5-3-2-4-6-12/h2-9,17H,10-11H2,1H3,(H,18,19). The van der Waals surface area contributed by atoms with Gasteiger partial charge in [0.1, 0.15) is 18.2 Å². The predicted octanol–water partition coefficient (Wildman–Crippen LogP) is 2.86. The summed E-state index contributed by atoms with van der Waals surface area (Å²) in [5.41, 5.74) is 3.12. The minimum absolute atomic E-state index is 0.573. The second-order valence-electron chi connectivity index (χ2n) is 4.67. The highest BCUT2D eigenvalue weighted by molar-refractivity contribution is 5.76. The van der Waals surface area contributed by atoms with E-state index in [-0.39, 0.29) is 0 Å². The van der Waals surface area contributed by atoms with E-state index in [0.717, 1.165) is 34.7 Å². The topological polar surface area (TPSA) is 49.9 Å². The van der Waals surface area contributed by atoms with Crippen molar-refractivity contribution in [2.75, 3.05) is 7.05 Å². The number of imidazole rings is 1. The second kappa shape index (κ2) is 5.75. The number of benzene rings is 2. The Morgan fingerprint density at radius 2 is 2.00 bits per heavy atom. The van der Waals surface area contributed by atoms with E-state index in [1.807, 2.05) is 43.4 Å². The van der Waals surface area contributed by atoms with Crippen molar-refractivity contribution in [3.05, 3.63) is 59.9 Å². The Balaban J connectivity index is 1.75. The number of nitrogens with zero attached hydrogens (tertiary/aromatic N) is 1. The average molecular weight is 267 g/mol. The smallest absolute Gasteiger partial charge is 0.122 e. The summed E-state index contributed by atoms with van der Waals surface area (Å²) < 4.78 is 5.81. The minimum Gasteiger partial charge on any atom is -0.489 e. The van der Waals surface area contributed by atoms with Crippen LogP contribution in [0.4, 0.5) is 0 Å². The van der Waals surface area contributed by atoms with Gasteiger partial charge in [0.05, 0.1) is 17.6 Å². The fourth-order valence-corrected chi connectivity index (χ4v) is 2.12. The maximum Gasteiger partial charge on any atom is 0.122 e. The van der Waals surface area contributed by atoms with Crippen LogP contribution in [0.15, 0.2) is 48.5 Å². The van der Waals surface area contributed by atoms with Crippen LogP contribution in [0.5, 0.6) is 5.75 Å². The minimum atomic E-state index is 0.573. The Kier molecular flexibility index (Phi) is 3.65. The first-order valence-corrected chi connectivity index (χ1v) is 6.65. The summed E-state index contributed by atoms with van der Waals surface area (Å²) in [5.74, 6) is 1.78. The summed E-state index contributed by atoms with van der Waals surface area (Å²) in [7, 11) is 1.90. The zero-order chi connectivity index (χ0) is 13.8. The number of fused-ring (bicyclic) bond motifs is 1. The van der Waals surface area contributed by atoms with Crippen molar-refractivity contribution in [3.8, 4) is 5.75 Å². The second-order valence-corrected chi connectivity index (χ2v) is 4.67. The van der Waals surface area contributed by atoms with Gasteiger partial charge in [0.25, 0.3) is 0 Å². The van der Waals surface area contributed by atoms with E-state index in [0.29, 0.717) is 6.61 Å². The van der Waals surface area contributed by atoms with Crippen molar-refractivity contribution >= 4 is 11.0 Å². The Bertz CT molecular complexity index is 691. The summed E-state index contributed by atoms with van der Waals surface area (Å²) in [6.07, 6.45) is 0. The number of aromatic nitrogens is 2. The molecule has 0 fully saturated rings. The Labute approximate surface area is 117 Å². The number of ether oxygens (including phenoxy) is 1. The van der Waals surface area contributed by atoms with E-state index in [9.17, 15) is 0 Å². The first kappa shape index (κ1) is 12.7. The van der Waals surface area contributed by atoms with Gasteiger partial charge in [-0.2, -0.15) is 0 Å². The summed E-state index contributed by atoms with van der Waals surface area (Å²) in [5, 5.41) is 3.08. The lowest BCUT2D eigenvalue weighted by molar-refractivity contribution is 0.306. The van der Waals surface area contributed by atoms with Crippen molar-refractivity contribution in [3.63, 3.8) is 0 Å². The molecule has 0 aliphatic heterocycles. The maximum atomic E-state index is 5.81. The molecule has 0 unspecified atom stereocenters. The molecular weight excluding hydrogens is 250 g/mol. The van der Waals surface area contributed by atoms with Gasteiger partial charge in [0.2, 0.25) is 0 Å². The van der Waals surface area contributed by atoms with Crippen LogP contribution < -0.4 is 10.1 Å². The van der Waals surface area contributed by atoms with Gasteiger partial charge in [-0.05, 0) is 24.7 Å². The quantitative estimate of drug-likeness (QED) is 0.747. The fourth-order valence-electron chi connectivity index (χ4n) is 2.12. The summed E-state index contributed by atoms with van der Waals surface area (Å²) in [6, 6.07) is 16.1. The molecule has 0 amide bonds. The van der Waals surface area contributed by atoms with Gasteiger partial charge in [-0.25, -0.2) is 4.98 Å². The molecule has 2 aromatic carbocycles. The van der Waals surface area contributed by atoms with E-state index >= 15 is 0 Å². The van der Waals surface area contributed by atoms with Crippen molar-refractivity contribution < 1.29 is 4.74 Å². The highest BCUT2D eigenvalue weighted by Crippen LogP contribution is 2.20. The third-order valence-corrected chi connectivity index (χ3v) is 3.09. The first-order valence-electron chi connectivity index (χ1n) is 6.65. The van der Waals surface area contributed by atoms with Crippen LogP contribution >= 0.6 is 0 Å². The zero-order valence-corrected chi connectivity index (χ0v) is 11.4. The normalized spacial score (nSPS) is 10.8. The summed E-state index contributed by atoms with van der Waals surface area (Å²) in [6.45, 7) is 1.30. The average Bonchev–Trinajstić information content (AvgIpc) is 2.88. The van der Waals surface area contributed by atoms with Crippen LogP contribution in [-0.4, -0.2) is 17.0 Å². The summed E-state index contributed by atoms with van der Waals surface area (Å²) >= 11 is 0. The molecule has 102 valence electrons. The molecule has 0 spiro atoms. The van der Waals surface area contributed by atoms with Crippen molar-refractivity contribution in [1.82, 2.24) is 15.3 Å². The SMILES string of the molecule is CNCc1nc2ccc(OCc3ccccc3)cc2[nH]1. The van der Waals surface area contributed by atoms with Crippen LogP contribution in [0.25, 0.3) is 11.0 Å². The Morgan fingerprint density at radius 3 is 2.80 bits per heavy atom. The van der Waals surface area contributed by atoms with E-state index in [4.69, 9.17) is 4.74 Å². The van der Waals surface area contributed by atoms with Gasteiger partial charge in [-0.15, -0.1) is 0 Å². The largest absolute Gasteiger partial charge is 0.489 e. The molecule has 2 N–H and O–H groups in total. The summed E-state index contributed by atoms with van der Waals surface area (Å²) in [4.78, 5) is 7.77. The lowest BCUT2D eigenvalue weighted by Crippen LogP contribution is -2.06. The monoisotopic (exact) mass is 267 g/mol. The van der Waals surface area contributed by atoms with Crippen molar-refractivity contribution in [2.24, 2.45) is 0 Å². The molecule has 0 bridgehead atoms. The van der Waals surface area contributed by atoms with Crippen LogP contribution in [0.1, 0.15) is 11.4 Å². The number of nitrogens with one attached hydrogen (secondary N) is 2. The molecule has 0 aliphatic carbocycles. The molecule has 1 heterocycles. The van der Waals surface area contributed by atoms with Gasteiger partial charge in [-0.3, -0.25) is 0 Å². The molecule has 0 saturated heterocycles. The lowest BCUT2D eigenvalue weighted by atomic mass is 10.2. The molecule has 1 aromatic heterocycles. The maximum absolute atomic E-state index is 5.81. The molecule has 0 radical (unpaired) electrons. The van der Waals surface area contributed by atoms with Crippen molar-refractivity contribution in [1.29, 1.82) is 0 Å². The van der Waals surface area contributed by atoms with Crippen molar-refractivity contribution in [2.45, 2.75) is 13.2 Å². The van der Waals surface area contributed by atoms with Crippen LogP contribution in [0.3, 0.4) is 0 Å². The molecular formula is C16H17N3O. The number of hydrogen-bond acceptors (Lipinski definition) is 3. The van der Waals surface area contributed by atoms with E-state index < -0.39 is 0 Å². The van der Waals surface area contributed by atoms with Gasteiger partial charge in [0.15, 0.2) is 0 Å². The van der Waals surface area contributed by atoms with Crippen LogP contribution in [-0.2, 0) is 13.2 Å².